The minimum Gasteiger partial charge on any atom is -0.365 e. The van der Waals surface area contributed by atoms with Crippen LogP contribution in [-0.2, 0) is 6.54 Å². The Morgan fingerprint density at radius 2 is 1.81 bits per heavy atom. The van der Waals surface area contributed by atoms with Gasteiger partial charge in [-0.3, -0.25) is 0 Å². The Balaban J connectivity index is 1.72. The standard InChI is InChI=1S/C19H16FN5S/c1-26-19-23-17(21-11-13-7-9-14(20)10-8-13)16-12-22-25(18(16)24-19)15-5-3-2-4-6-15/h2-10,12H,11H2,1H3,(H,21,23,24). The molecule has 1 N–H and O–H groups in total. The Labute approximate surface area is 154 Å². The number of thioether (sulfide) groups is 1. The highest BCUT2D eigenvalue weighted by atomic mass is 32.2. The third-order valence-corrected chi connectivity index (χ3v) is 4.51. The van der Waals surface area contributed by atoms with E-state index < -0.39 is 0 Å². The molecule has 0 amide bonds. The molecule has 0 aliphatic heterocycles. The number of rotatable bonds is 5. The Morgan fingerprint density at radius 3 is 2.54 bits per heavy atom. The van der Waals surface area contributed by atoms with E-state index in [-0.39, 0.29) is 5.82 Å². The second-order valence-electron chi connectivity index (χ2n) is 5.67. The first-order valence-electron chi connectivity index (χ1n) is 8.08. The average molecular weight is 365 g/mol. The lowest BCUT2D eigenvalue weighted by molar-refractivity contribution is 0.627. The van der Waals surface area contributed by atoms with Crippen LogP contribution in [-0.4, -0.2) is 26.0 Å². The maximum Gasteiger partial charge on any atom is 0.191 e. The van der Waals surface area contributed by atoms with Crippen LogP contribution in [0, 0.1) is 5.82 Å². The van der Waals surface area contributed by atoms with Gasteiger partial charge in [0.15, 0.2) is 10.8 Å². The van der Waals surface area contributed by atoms with Gasteiger partial charge in [-0.2, -0.15) is 5.10 Å². The van der Waals surface area contributed by atoms with Gasteiger partial charge >= 0.3 is 0 Å². The number of hydrogen-bond acceptors (Lipinski definition) is 5. The van der Waals surface area contributed by atoms with E-state index in [1.165, 1.54) is 23.9 Å². The molecule has 0 saturated heterocycles. The first kappa shape index (κ1) is 16.5. The first-order chi connectivity index (χ1) is 12.7. The molecule has 130 valence electrons. The Kier molecular flexibility index (Phi) is 4.53. The molecule has 5 nitrogen and oxygen atoms in total. The SMILES string of the molecule is CSc1nc(NCc2ccc(F)cc2)c2cnn(-c3ccccc3)c2n1. The molecule has 0 atom stereocenters. The van der Waals surface area contributed by atoms with Crippen LogP contribution < -0.4 is 5.32 Å². The molecular formula is C19H16FN5S. The topological polar surface area (TPSA) is 55.6 Å². The molecule has 2 aromatic heterocycles. The lowest BCUT2D eigenvalue weighted by Gasteiger charge is -2.09. The Bertz CT molecular complexity index is 1030. The molecule has 4 rings (SSSR count). The second kappa shape index (κ2) is 7.13. The molecule has 4 aromatic rings. The number of nitrogens with one attached hydrogen (secondary N) is 1. The van der Waals surface area contributed by atoms with Gasteiger partial charge in [-0.25, -0.2) is 19.0 Å². The summed E-state index contributed by atoms with van der Waals surface area (Å²) in [4.78, 5) is 9.19. The average Bonchev–Trinajstić information content (AvgIpc) is 3.12. The molecule has 0 saturated carbocycles. The maximum atomic E-state index is 13.1. The molecule has 2 aromatic carbocycles. The molecule has 0 radical (unpaired) electrons. The molecule has 0 bridgehead atoms. The molecule has 0 aliphatic rings. The van der Waals surface area contributed by atoms with Crippen molar-refractivity contribution >= 4 is 28.6 Å². The molecule has 26 heavy (non-hydrogen) atoms. The van der Waals surface area contributed by atoms with E-state index in [1.54, 1.807) is 23.0 Å². The zero-order valence-electron chi connectivity index (χ0n) is 14.1. The van der Waals surface area contributed by atoms with Gasteiger partial charge in [0.25, 0.3) is 0 Å². The number of para-hydroxylation sites is 1. The van der Waals surface area contributed by atoms with Gasteiger partial charge in [-0.05, 0) is 36.1 Å². The Morgan fingerprint density at radius 1 is 1.04 bits per heavy atom. The third kappa shape index (κ3) is 3.25. The van der Waals surface area contributed by atoms with Gasteiger partial charge in [0.05, 0.1) is 17.3 Å². The smallest absolute Gasteiger partial charge is 0.191 e. The summed E-state index contributed by atoms with van der Waals surface area (Å²) in [6, 6.07) is 16.3. The number of benzene rings is 2. The van der Waals surface area contributed by atoms with Crippen LogP contribution in [0.5, 0.6) is 0 Å². The van der Waals surface area contributed by atoms with Crippen molar-refractivity contribution in [3.63, 3.8) is 0 Å². The van der Waals surface area contributed by atoms with Crippen molar-refractivity contribution in [3.8, 4) is 5.69 Å². The summed E-state index contributed by atoms with van der Waals surface area (Å²) < 4.78 is 14.9. The lowest BCUT2D eigenvalue weighted by atomic mass is 10.2. The normalized spacial score (nSPS) is 11.0. The molecule has 0 aliphatic carbocycles. The highest BCUT2D eigenvalue weighted by Gasteiger charge is 2.13. The summed E-state index contributed by atoms with van der Waals surface area (Å²) in [6.45, 7) is 0.538. The first-order valence-corrected chi connectivity index (χ1v) is 9.30. The summed E-state index contributed by atoms with van der Waals surface area (Å²) in [5, 5.41) is 9.31. The predicted molar refractivity (Wildman–Crippen MR) is 102 cm³/mol. The van der Waals surface area contributed by atoms with E-state index in [1.807, 2.05) is 36.6 Å². The van der Waals surface area contributed by atoms with Crippen molar-refractivity contribution < 1.29 is 4.39 Å². The minimum atomic E-state index is -0.244. The number of hydrogen-bond donors (Lipinski definition) is 1. The Hall–Kier alpha value is -2.93. The van der Waals surface area contributed by atoms with Gasteiger partial charge < -0.3 is 5.32 Å². The summed E-state index contributed by atoms with van der Waals surface area (Å²) in [5.74, 6) is 0.470. The summed E-state index contributed by atoms with van der Waals surface area (Å²) in [6.07, 6.45) is 3.70. The van der Waals surface area contributed by atoms with Crippen LogP contribution in [0.4, 0.5) is 10.2 Å². The van der Waals surface area contributed by atoms with E-state index in [0.717, 1.165) is 22.3 Å². The highest BCUT2D eigenvalue weighted by molar-refractivity contribution is 7.98. The summed E-state index contributed by atoms with van der Waals surface area (Å²) in [7, 11) is 0. The van der Waals surface area contributed by atoms with E-state index in [4.69, 9.17) is 0 Å². The number of aromatic nitrogens is 4. The second-order valence-corrected chi connectivity index (χ2v) is 6.44. The molecule has 0 fully saturated rings. The van der Waals surface area contributed by atoms with Crippen molar-refractivity contribution in [1.82, 2.24) is 19.7 Å². The molecular weight excluding hydrogens is 349 g/mol. The van der Waals surface area contributed by atoms with Crippen LogP contribution >= 0.6 is 11.8 Å². The van der Waals surface area contributed by atoms with Crippen molar-refractivity contribution in [3.05, 3.63) is 72.2 Å². The molecule has 0 unspecified atom stereocenters. The van der Waals surface area contributed by atoms with Gasteiger partial charge in [-0.15, -0.1) is 0 Å². The fourth-order valence-corrected chi connectivity index (χ4v) is 3.02. The number of fused-ring (bicyclic) bond motifs is 1. The van der Waals surface area contributed by atoms with Gasteiger partial charge in [0, 0.05) is 6.54 Å². The van der Waals surface area contributed by atoms with Crippen LogP contribution in [0.2, 0.25) is 0 Å². The highest BCUT2D eigenvalue weighted by Crippen LogP contribution is 2.25. The fraction of sp³-hybridized carbons (Fsp3) is 0.105. The summed E-state index contributed by atoms with van der Waals surface area (Å²) in [5.41, 5.74) is 2.66. The fourth-order valence-electron chi connectivity index (χ4n) is 2.66. The number of halogens is 1. The lowest BCUT2D eigenvalue weighted by Crippen LogP contribution is -2.05. The number of anilines is 1. The van der Waals surface area contributed by atoms with Gasteiger partial charge in [0.1, 0.15) is 11.6 Å². The van der Waals surface area contributed by atoms with Crippen LogP contribution in [0.15, 0.2) is 66.0 Å². The third-order valence-electron chi connectivity index (χ3n) is 3.96. The monoisotopic (exact) mass is 365 g/mol. The molecule has 2 heterocycles. The van der Waals surface area contributed by atoms with Crippen LogP contribution in [0.25, 0.3) is 16.7 Å². The largest absolute Gasteiger partial charge is 0.365 e. The molecule has 0 spiro atoms. The van der Waals surface area contributed by atoms with E-state index in [2.05, 4.69) is 20.4 Å². The quantitative estimate of drug-likeness (QED) is 0.422. The van der Waals surface area contributed by atoms with E-state index in [9.17, 15) is 4.39 Å². The van der Waals surface area contributed by atoms with Crippen molar-refractivity contribution in [2.24, 2.45) is 0 Å². The van der Waals surface area contributed by atoms with Crippen LogP contribution in [0.1, 0.15) is 5.56 Å². The minimum absolute atomic E-state index is 0.244. The zero-order chi connectivity index (χ0) is 17.9. The molecule has 7 heteroatoms. The van der Waals surface area contributed by atoms with Crippen molar-refractivity contribution in [1.29, 1.82) is 0 Å². The van der Waals surface area contributed by atoms with Gasteiger partial charge in [0.2, 0.25) is 0 Å². The van der Waals surface area contributed by atoms with Crippen molar-refractivity contribution in [2.75, 3.05) is 11.6 Å². The maximum absolute atomic E-state index is 13.1. The predicted octanol–water partition coefficient (Wildman–Crippen LogP) is 4.29. The van der Waals surface area contributed by atoms with Crippen LogP contribution in [0.3, 0.4) is 0 Å². The summed E-state index contributed by atoms with van der Waals surface area (Å²) >= 11 is 1.48. The van der Waals surface area contributed by atoms with E-state index >= 15 is 0 Å². The van der Waals surface area contributed by atoms with Gasteiger partial charge in [-0.1, -0.05) is 42.1 Å². The number of nitrogens with zero attached hydrogens (tertiary/aromatic N) is 4. The zero-order valence-corrected chi connectivity index (χ0v) is 14.9. The van der Waals surface area contributed by atoms with Crippen molar-refractivity contribution in [2.45, 2.75) is 11.7 Å². The van der Waals surface area contributed by atoms with E-state index in [0.29, 0.717) is 17.5 Å².